The Morgan fingerprint density at radius 2 is 1.39 bits per heavy atom. The molecule has 2 aromatic carbocycles. The molecule has 0 unspecified atom stereocenters. The molecule has 0 saturated carbocycles. The van der Waals surface area contributed by atoms with E-state index in [1.165, 1.54) is 0 Å². The summed E-state index contributed by atoms with van der Waals surface area (Å²) in [7, 11) is 0. The zero-order chi connectivity index (χ0) is 16.8. The van der Waals surface area contributed by atoms with E-state index in [1.807, 2.05) is 18.2 Å². The Kier molecular flexibility index (Phi) is 5.79. The first-order valence-electron chi connectivity index (χ1n) is 7.74. The number of fused-ring (bicyclic) bond motifs is 2. The van der Waals surface area contributed by atoms with Gasteiger partial charge in [-0.25, -0.2) is 0 Å². The van der Waals surface area contributed by atoms with Crippen LogP contribution in [0, 0.1) is 0 Å². The number of carbonyl (C=O) groups is 2. The third-order valence-corrected chi connectivity index (χ3v) is 4.09. The van der Waals surface area contributed by atoms with Gasteiger partial charge in [-0.05, 0) is 18.4 Å². The first-order valence-corrected chi connectivity index (χ1v) is 7.74. The summed E-state index contributed by atoms with van der Waals surface area (Å²) in [5, 5.41) is 12.0. The van der Waals surface area contributed by atoms with Crippen LogP contribution < -0.4 is 0 Å². The molecule has 0 radical (unpaired) electrons. The van der Waals surface area contributed by atoms with Crippen LogP contribution in [0.2, 0.25) is 0 Å². The van der Waals surface area contributed by atoms with E-state index in [4.69, 9.17) is 10.5 Å². The minimum atomic E-state index is -0.0301. The molecule has 0 aliphatic heterocycles. The van der Waals surface area contributed by atoms with Crippen molar-refractivity contribution in [2.45, 2.75) is 32.6 Å². The minimum Gasteiger partial charge on any atom is -0.289 e. The molecule has 0 spiro atoms. The van der Waals surface area contributed by atoms with Crippen molar-refractivity contribution in [1.29, 1.82) is 0 Å². The first-order chi connectivity index (χ1) is 11.2. The van der Waals surface area contributed by atoms with Gasteiger partial charge >= 0.3 is 0 Å². The molecule has 120 valence electrons. The average molecular weight is 312 g/mol. The summed E-state index contributed by atoms with van der Waals surface area (Å²) in [6, 6.07) is 12.8. The molecule has 0 saturated heterocycles. The van der Waals surface area contributed by atoms with E-state index in [9.17, 15) is 9.59 Å². The van der Waals surface area contributed by atoms with Gasteiger partial charge in [-0.15, -0.1) is 0 Å². The molecule has 4 nitrogen and oxygen atoms in total. The lowest BCUT2D eigenvalue weighted by atomic mass is 9.81. The molecule has 0 bridgehead atoms. The van der Waals surface area contributed by atoms with E-state index in [0.29, 0.717) is 22.3 Å². The molecule has 0 atom stereocenters. The maximum atomic E-state index is 12.8. The highest BCUT2D eigenvalue weighted by Gasteiger charge is 2.30. The molecule has 1 aliphatic rings. The Labute approximate surface area is 135 Å². The third-order valence-electron chi connectivity index (χ3n) is 4.09. The van der Waals surface area contributed by atoms with Gasteiger partial charge in [-0.1, -0.05) is 62.2 Å². The average Bonchev–Trinajstić information content (AvgIpc) is 2.61. The molecule has 3 rings (SSSR count). The highest BCUT2D eigenvalue weighted by atomic mass is 17.0. The monoisotopic (exact) mass is 312 g/mol. The van der Waals surface area contributed by atoms with Crippen LogP contribution in [-0.4, -0.2) is 22.1 Å². The Morgan fingerprint density at radius 3 is 2.04 bits per heavy atom. The number of carbonyl (C=O) groups excluding carboxylic acids is 2. The number of benzene rings is 2. The number of hydrogen-bond acceptors (Lipinski definition) is 4. The number of unbranched alkanes of at least 4 members (excludes halogenated alkanes) is 2. The van der Waals surface area contributed by atoms with Crippen molar-refractivity contribution in [3.63, 3.8) is 0 Å². The summed E-state index contributed by atoms with van der Waals surface area (Å²) in [5.74, 6) is -0.0372. The zero-order valence-corrected chi connectivity index (χ0v) is 13.1. The van der Waals surface area contributed by atoms with E-state index in [2.05, 4.69) is 6.92 Å². The molecule has 0 aromatic heterocycles. The van der Waals surface area contributed by atoms with Gasteiger partial charge in [0.25, 0.3) is 0 Å². The van der Waals surface area contributed by atoms with E-state index < -0.39 is 0 Å². The second-order valence-electron chi connectivity index (χ2n) is 5.50. The van der Waals surface area contributed by atoms with Gasteiger partial charge in [-0.2, -0.15) is 0 Å². The van der Waals surface area contributed by atoms with Crippen molar-refractivity contribution in [3.05, 3.63) is 70.3 Å². The molecule has 2 aromatic rings. The van der Waals surface area contributed by atoms with Crippen molar-refractivity contribution in [2.75, 3.05) is 0 Å². The van der Waals surface area contributed by atoms with E-state index in [1.54, 1.807) is 24.3 Å². The van der Waals surface area contributed by atoms with Gasteiger partial charge in [0.1, 0.15) is 0 Å². The van der Waals surface area contributed by atoms with Crippen molar-refractivity contribution >= 4 is 11.6 Å². The van der Waals surface area contributed by atoms with Crippen LogP contribution in [0.15, 0.2) is 42.5 Å². The van der Waals surface area contributed by atoms with Gasteiger partial charge in [0.15, 0.2) is 11.6 Å². The quantitative estimate of drug-likeness (QED) is 0.430. The number of hydrogen-bond donors (Lipinski definition) is 2. The lowest BCUT2D eigenvalue weighted by Gasteiger charge is -2.20. The van der Waals surface area contributed by atoms with Gasteiger partial charge in [0, 0.05) is 22.3 Å². The molecule has 0 heterocycles. The van der Waals surface area contributed by atoms with Crippen LogP contribution in [0.5, 0.6) is 0 Å². The fourth-order valence-electron chi connectivity index (χ4n) is 2.99. The summed E-state index contributed by atoms with van der Waals surface area (Å²) in [4.78, 5) is 25.3. The molecule has 1 aliphatic carbocycles. The van der Waals surface area contributed by atoms with Crippen LogP contribution in [0.1, 0.15) is 63.6 Å². The third kappa shape index (κ3) is 3.23. The van der Waals surface area contributed by atoms with Crippen LogP contribution in [0.4, 0.5) is 0 Å². The Morgan fingerprint density at radius 1 is 0.783 bits per heavy atom. The Bertz CT molecular complexity index is 719. The van der Waals surface area contributed by atoms with Gasteiger partial charge in [0.2, 0.25) is 0 Å². The lowest BCUT2D eigenvalue weighted by molar-refractivity contribution is -0.176. The molecular weight excluding hydrogens is 292 g/mol. The maximum absolute atomic E-state index is 12.8. The van der Waals surface area contributed by atoms with E-state index >= 15 is 0 Å². The predicted octanol–water partition coefficient (Wildman–Crippen LogP) is 4.21. The van der Waals surface area contributed by atoms with Gasteiger partial charge in [0.05, 0.1) is 0 Å². The smallest absolute Gasteiger partial charge is 0.194 e. The normalized spacial score (nSPS) is 12.1. The van der Waals surface area contributed by atoms with Crippen molar-refractivity contribution in [1.82, 2.24) is 0 Å². The summed E-state index contributed by atoms with van der Waals surface area (Å²) in [5.41, 5.74) is 3.26. The SMILES string of the molecule is CCCCCc1cccc2c1C(=O)c1ccccc1C2=O.OO. The Hall–Kier alpha value is -2.30. The summed E-state index contributed by atoms with van der Waals surface area (Å²) >= 11 is 0. The second-order valence-corrected chi connectivity index (χ2v) is 5.50. The van der Waals surface area contributed by atoms with Crippen molar-refractivity contribution in [3.8, 4) is 0 Å². The first kappa shape index (κ1) is 17.1. The standard InChI is InChI=1S/C19H18O2.H2O2/c1-2-3-4-8-13-9-7-12-16-17(13)19(21)15-11-6-5-10-14(15)18(16)20;1-2/h5-7,9-12H,2-4,8H2,1H3;1-2H. The lowest BCUT2D eigenvalue weighted by Crippen LogP contribution is -2.22. The largest absolute Gasteiger partial charge is 0.289 e. The van der Waals surface area contributed by atoms with Gasteiger partial charge in [-0.3, -0.25) is 20.1 Å². The fourth-order valence-corrected chi connectivity index (χ4v) is 2.99. The molecule has 0 fully saturated rings. The van der Waals surface area contributed by atoms with Crippen LogP contribution >= 0.6 is 0 Å². The summed E-state index contributed by atoms with van der Waals surface area (Å²) < 4.78 is 0. The minimum absolute atomic E-state index is 0.00713. The maximum Gasteiger partial charge on any atom is 0.194 e. The van der Waals surface area contributed by atoms with Crippen LogP contribution in [0.25, 0.3) is 0 Å². The molecule has 2 N–H and O–H groups in total. The van der Waals surface area contributed by atoms with E-state index in [-0.39, 0.29) is 11.6 Å². The molecule has 23 heavy (non-hydrogen) atoms. The summed E-state index contributed by atoms with van der Waals surface area (Å²) in [6.45, 7) is 2.16. The van der Waals surface area contributed by atoms with E-state index in [0.717, 1.165) is 31.2 Å². The van der Waals surface area contributed by atoms with Crippen LogP contribution in [-0.2, 0) is 6.42 Å². The van der Waals surface area contributed by atoms with Gasteiger partial charge < -0.3 is 0 Å². The number of aryl methyl sites for hydroxylation is 1. The summed E-state index contributed by atoms with van der Waals surface area (Å²) in [6.07, 6.45) is 4.20. The molecular formula is C19H20O4. The number of rotatable bonds is 4. The fraction of sp³-hybridized carbons (Fsp3) is 0.263. The van der Waals surface area contributed by atoms with Crippen molar-refractivity contribution in [2.24, 2.45) is 0 Å². The second kappa shape index (κ2) is 7.81. The predicted molar refractivity (Wildman–Crippen MR) is 88.2 cm³/mol. The van der Waals surface area contributed by atoms with Crippen LogP contribution in [0.3, 0.4) is 0 Å². The zero-order valence-electron chi connectivity index (χ0n) is 13.1. The van der Waals surface area contributed by atoms with Crippen molar-refractivity contribution < 1.29 is 20.1 Å². The highest BCUT2D eigenvalue weighted by Crippen LogP contribution is 2.30. The topological polar surface area (TPSA) is 74.6 Å². The molecule has 4 heteroatoms. The molecule has 0 amide bonds. The Balaban J connectivity index is 0.000000924. The highest BCUT2D eigenvalue weighted by molar-refractivity contribution is 6.28. The number of ketones is 2.